The fraction of sp³-hybridized carbons (Fsp3) is 0.667. The molecule has 1 aromatic heterocycles. The van der Waals surface area contributed by atoms with Crippen LogP contribution in [0, 0.1) is 13.8 Å². The third kappa shape index (κ3) is 2.55. The molecule has 0 aliphatic heterocycles. The van der Waals surface area contributed by atoms with Crippen molar-refractivity contribution in [3.05, 3.63) is 17.5 Å². The number of thioether (sulfide) groups is 1. The predicted octanol–water partition coefficient (Wildman–Crippen LogP) is 2.25. The average molecular weight is 184 g/mol. The lowest BCUT2D eigenvalue weighted by molar-refractivity contribution is 0.586. The smallest absolute Gasteiger partial charge is 0.0596 e. The summed E-state index contributed by atoms with van der Waals surface area (Å²) < 4.78 is 2.09. The Morgan fingerprint density at radius 1 is 1.50 bits per heavy atom. The summed E-state index contributed by atoms with van der Waals surface area (Å²) >= 11 is 1.89. The Balaban J connectivity index is 2.45. The topological polar surface area (TPSA) is 17.8 Å². The van der Waals surface area contributed by atoms with Crippen LogP contribution in [0.25, 0.3) is 0 Å². The van der Waals surface area contributed by atoms with Gasteiger partial charge in [-0.15, -0.1) is 0 Å². The SMILES string of the molecule is CSCCCn1nc(C)cc1C. The summed E-state index contributed by atoms with van der Waals surface area (Å²) in [5.41, 5.74) is 2.39. The van der Waals surface area contributed by atoms with Crippen molar-refractivity contribution in [1.82, 2.24) is 9.78 Å². The zero-order chi connectivity index (χ0) is 8.97. The fourth-order valence-electron chi connectivity index (χ4n) is 1.26. The predicted molar refractivity (Wildman–Crippen MR) is 54.7 cm³/mol. The Bertz CT molecular complexity index is 243. The van der Waals surface area contributed by atoms with Crippen LogP contribution in [0.1, 0.15) is 17.8 Å². The first kappa shape index (κ1) is 9.65. The van der Waals surface area contributed by atoms with Gasteiger partial charge in [0.25, 0.3) is 0 Å². The lowest BCUT2D eigenvalue weighted by Crippen LogP contribution is -2.03. The van der Waals surface area contributed by atoms with Crippen LogP contribution in [0.3, 0.4) is 0 Å². The Morgan fingerprint density at radius 2 is 2.25 bits per heavy atom. The highest BCUT2D eigenvalue weighted by Gasteiger charge is 1.98. The molecule has 0 spiro atoms. The Kier molecular flexibility index (Phi) is 3.66. The lowest BCUT2D eigenvalue weighted by Gasteiger charge is -2.02. The van der Waals surface area contributed by atoms with Crippen LogP contribution in [-0.4, -0.2) is 21.8 Å². The van der Waals surface area contributed by atoms with E-state index in [4.69, 9.17) is 0 Å². The van der Waals surface area contributed by atoms with E-state index < -0.39 is 0 Å². The van der Waals surface area contributed by atoms with Crippen LogP contribution in [0.4, 0.5) is 0 Å². The molecule has 0 aromatic carbocycles. The molecule has 0 amide bonds. The Hall–Kier alpha value is -0.440. The van der Waals surface area contributed by atoms with E-state index in [9.17, 15) is 0 Å². The van der Waals surface area contributed by atoms with Gasteiger partial charge in [0.1, 0.15) is 0 Å². The van der Waals surface area contributed by atoms with Crippen LogP contribution in [0.5, 0.6) is 0 Å². The van der Waals surface area contributed by atoms with E-state index in [1.165, 1.54) is 17.9 Å². The van der Waals surface area contributed by atoms with Crippen LogP contribution < -0.4 is 0 Å². The molecule has 0 N–H and O–H groups in total. The summed E-state index contributed by atoms with van der Waals surface area (Å²) in [6.07, 6.45) is 3.35. The number of rotatable bonds is 4. The van der Waals surface area contributed by atoms with Gasteiger partial charge in [-0.25, -0.2) is 0 Å². The molecule has 0 saturated carbocycles. The van der Waals surface area contributed by atoms with Crippen molar-refractivity contribution in [2.45, 2.75) is 26.8 Å². The molecule has 0 unspecified atom stereocenters. The summed E-state index contributed by atoms with van der Waals surface area (Å²) in [5, 5.41) is 4.39. The molecule has 68 valence electrons. The number of nitrogens with zero attached hydrogens (tertiary/aromatic N) is 2. The maximum atomic E-state index is 4.39. The summed E-state index contributed by atoms with van der Waals surface area (Å²) in [5.74, 6) is 1.22. The van der Waals surface area contributed by atoms with Gasteiger partial charge in [-0.1, -0.05) is 0 Å². The van der Waals surface area contributed by atoms with Crippen molar-refractivity contribution in [2.75, 3.05) is 12.0 Å². The van der Waals surface area contributed by atoms with Crippen molar-refractivity contribution in [1.29, 1.82) is 0 Å². The fourth-order valence-corrected chi connectivity index (χ4v) is 1.68. The van der Waals surface area contributed by atoms with Crippen LogP contribution >= 0.6 is 11.8 Å². The molecule has 0 aliphatic carbocycles. The number of aryl methyl sites for hydroxylation is 3. The first-order chi connectivity index (χ1) is 5.74. The van der Waals surface area contributed by atoms with Crippen LogP contribution in [-0.2, 0) is 6.54 Å². The van der Waals surface area contributed by atoms with Gasteiger partial charge in [0, 0.05) is 12.2 Å². The molecule has 0 aliphatic rings. The number of aromatic nitrogens is 2. The van der Waals surface area contributed by atoms with Gasteiger partial charge >= 0.3 is 0 Å². The van der Waals surface area contributed by atoms with Crippen LogP contribution in [0.2, 0.25) is 0 Å². The zero-order valence-electron chi connectivity index (χ0n) is 8.00. The number of hydrogen-bond donors (Lipinski definition) is 0. The Morgan fingerprint density at radius 3 is 2.75 bits per heavy atom. The summed E-state index contributed by atoms with van der Waals surface area (Å²) in [4.78, 5) is 0. The van der Waals surface area contributed by atoms with Crippen molar-refractivity contribution in [3.8, 4) is 0 Å². The minimum atomic E-state index is 1.06. The first-order valence-corrected chi connectivity index (χ1v) is 5.63. The van der Waals surface area contributed by atoms with E-state index in [0.29, 0.717) is 0 Å². The van der Waals surface area contributed by atoms with Gasteiger partial charge in [-0.05, 0) is 38.3 Å². The highest BCUT2D eigenvalue weighted by atomic mass is 32.2. The number of hydrogen-bond acceptors (Lipinski definition) is 2. The zero-order valence-corrected chi connectivity index (χ0v) is 8.82. The van der Waals surface area contributed by atoms with Gasteiger partial charge in [0.05, 0.1) is 5.69 Å². The summed E-state index contributed by atoms with van der Waals surface area (Å²) in [6.45, 7) is 5.21. The molecule has 3 heteroatoms. The van der Waals surface area contributed by atoms with E-state index >= 15 is 0 Å². The third-order valence-corrected chi connectivity index (χ3v) is 2.52. The molecule has 0 radical (unpaired) electrons. The molecular formula is C9H16N2S. The van der Waals surface area contributed by atoms with Crippen molar-refractivity contribution >= 4 is 11.8 Å². The normalized spacial score (nSPS) is 10.6. The molecule has 12 heavy (non-hydrogen) atoms. The lowest BCUT2D eigenvalue weighted by atomic mass is 10.4. The van der Waals surface area contributed by atoms with E-state index in [1.54, 1.807) is 0 Å². The van der Waals surface area contributed by atoms with E-state index in [1.807, 2.05) is 18.7 Å². The highest BCUT2D eigenvalue weighted by Crippen LogP contribution is 2.04. The van der Waals surface area contributed by atoms with Crippen LogP contribution in [0.15, 0.2) is 6.07 Å². The second-order valence-corrected chi connectivity index (χ2v) is 3.98. The van der Waals surface area contributed by atoms with Gasteiger partial charge < -0.3 is 0 Å². The van der Waals surface area contributed by atoms with E-state index in [0.717, 1.165) is 12.2 Å². The highest BCUT2D eigenvalue weighted by molar-refractivity contribution is 7.98. The van der Waals surface area contributed by atoms with Gasteiger partial charge in [-0.2, -0.15) is 16.9 Å². The maximum absolute atomic E-state index is 4.39. The minimum absolute atomic E-state index is 1.06. The quantitative estimate of drug-likeness (QED) is 0.668. The van der Waals surface area contributed by atoms with E-state index in [2.05, 4.69) is 29.0 Å². The molecule has 0 atom stereocenters. The average Bonchev–Trinajstić information content (AvgIpc) is 2.31. The van der Waals surface area contributed by atoms with E-state index in [-0.39, 0.29) is 0 Å². The largest absolute Gasteiger partial charge is 0.270 e. The molecule has 1 rings (SSSR count). The molecule has 2 nitrogen and oxygen atoms in total. The van der Waals surface area contributed by atoms with Gasteiger partial charge in [0.2, 0.25) is 0 Å². The molecule has 1 heterocycles. The Labute approximate surface area is 78.4 Å². The first-order valence-electron chi connectivity index (χ1n) is 4.24. The van der Waals surface area contributed by atoms with Crippen molar-refractivity contribution in [3.63, 3.8) is 0 Å². The summed E-state index contributed by atoms with van der Waals surface area (Å²) in [7, 11) is 0. The van der Waals surface area contributed by atoms with Crippen molar-refractivity contribution < 1.29 is 0 Å². The molecular weight excluding hydrogens is 168 g/mol. The monoisotopic (exact) mass is 184 g/mol. The standard InChI is InChI=1S/C9H16N2S/c1-8-7-9(2)11(10-8)5-4-6-12-3/h7H,4-6H2,1-3H3. The molecule has 0 saturated heterocycles. The molecule has 0 fully saturated rings. The van der Waals surface area contributed by atoms with Crippen molar-refractivity contribution in [2.24, 2.45) is 0 Å². The molecule has 0 bridgehead atoms. The molecule has 1 aromatic rings. The second-order valence-electron chi connectivity index (χ2n) is 3.00. The summed E-state index contributed by atoms with van der Waals surface area (Å²) in [6, 6.07) is 2.12. The van der Waals surface area contributed by atoms with Gasteiger partial charge in [0.15, 0.2) is 0 Å². The minimum Gasteiger partial charge on any atom is -0.270 e. The maximum Gasteiger partial charge on any atom is 0.0596 e. The third-order valence-electron chi connectivity index (χ3n) is 1.82. The second kappa shape index (κ2) is 4.55. The van der Waals surface area contributed by atoms with Gasteiger partial charge in [-0.3, -0.25) is 4.68 Å².